The summed E-state index contributed by atoms with van der Waals surface area (Å²) in [5.74, 6) is 0.496. The van der Waals surface area contributed by atoms with Crippen LogP contribution in [0.4, 0.5) is 16.2 Å². The van der Waals surface area contributed by atoms with Crippen LogP contribution in [-0.4, -0.2) is 55.0 Å². The van der Waals surface area contributed by atoms with Gasteiger partial charge in [0.05, 0.1) is 12.8 Å². The molecule has 0 aromatic heterocycles. The molecule has 26 heavy (non-hydrogen) atoms. The number of benzene rings is 1. The van der Waals surface area contributed by atoms with Gasteiger partial charge in [0.2, 0.25) is 5.91 Å². The third-order valence-corrected chi connectivity index (χ3v) is 5.01. The lowest BCUT2D eigenvalue weighted by atomic mass is 9.96. The molecule has 0 atom stereocenters. The number of nitrogens with one attached hydrogen (secondary N) is 1. The fourth-order valence-electron chi connectivity index (χ4n) is 3.50. The molecule has 3 N–H and O–H groups in total. The van der Waals surface area contributed by atoms with E-state index in [0.717, 1.165) is 25.9 Å². The summed E-state index contributed by atoms with van der Waals surface area (Å²) >= 11 is 0. The molecule has 8 heteroatoms. The van der Waals surface area contributed by atoms with Crippen LogP contribution in [0.1, 0.15) is 25.7 Å². The van der Waals surface area contributed by atoms with Gasteiger partial charge in [0.15, 0.2) is 0 Å². The van der Waals surface area contributed by atoms with Crippen LogP contribution in [0.25, 0.3) is 0 Å². The average molecular weight is 383 g/mol. The maximum atomic E-state index is 12.5. The molecule has 2 saturated heterocycles. The average Bonchev–Trinajstić information content (AvgIpc) is 3.16. The first-order valence-electron chi connectivity index (χ1n) is 8.86. The number of halogens is 1. The second kappa shape index (κ2) is 8.98. The van der Waals surface area contributed by atoms with Crippen molar-refractivity contribution in [3.8, 4) is 5.75 Å². The molecule has 0 spiro atoms. The highest BCUT2D eigenvalue weighted by molar-refractivity contribution is 5.93. The van der Waals surface area contributed by atoms with Crippen LogP contribution in [0.5, 0.6) is 5.75 Å². The molecule has 7 nitrogen and oxygen atoms in total. The standard InChI is InChI=1S/C18H26N4O3.ClH/c1-25-16-5-4-14(12-15(16)19)20-17(23)13-6-10-22(11-7-13)18(24)21-8-2-3-9-21;/h4-5,12-13H,2-3,6-11,19H2,1H3,(H,20,23);1H. The van der Waals surface area contributed by atoms with Crippen LogP contribution in [-0.2, 0) is 4.79 Å². The number of nitrogens with two attached hydrogens (primary N) is 1. The number of hydrogen-bond donors (Lipinski definition) is 2. The third-order valence-electron chi connectivity index (χ3n) is 5.01. The Bertz CT molecular complexity index is 641. The van der Waals surface area contributed by atoms with Gasteiger partial charge in [-0.2, -0.15) is 0 Å². The van der Waals surface area contributed by atoms with Crippen LogP contribution >= 0.6 is 12.4 Å². The first kappa shape index (κ1) is 20.2. The van der Waals surface area contributed by atoms with Crippen LogP contribution in [0.15, 0.2) is 18.2 Å². The Morgan fingerprint density at radius 1 is 1.12 bits per heavy atom. The first-order chi connectivity index (χ1) is 12.1. The van der Waals surface area contributed by atoms with Gasteiger partial charge in [-0.05, 0) is 43.9 Å². The summed E-state index contributed by atoms with van der Waals surface area (Å²) in [5.41, 5.74) is 7.03. The van der Waals surface area contributed by atoms with Crippen molar-refractivity contribution in [3.63, 3.8) is 0 Å². The Hall–Kier alpha value is -2.15. The number of amides is 3. The molecule has 2 fully saturated rings. The van der Waals surface area contributed by atoms with E-state index in [-0.39, 0.29) is 30.3 Å². The summed E-state index contributed by atoms with van der Waals surface area (Å²) in [6, 6.07) is 5.34. The summed E-state index contributed by atoms with van der Waals surface area (Å²) in [6.45, 7) is 2.99. The van der Waals surface area contributed by atoms with Gasteiger partial charge >= 0.3 is 6.03 Å². The number of nitrogen functional groups attached to an aromatic ring is 1. The molecule has 2 aliphatic rings. The number of likely N-dealkylation sites (tertiary alicyclic amines) is 2. The molecule has 1 aromatic rings. The molecule has 144 valence electrons. The predicted octanol–water partition coefficient (Wildman–Crippen LogP) is 2.57. The monoisotopic (exact) mass is 382 g/mol. The maximum absolute atomic E-state index is 12.5. The lowest BCUT2D eigenvalue weighted by Gasteiger charge is -2.34. The van der Waals surface area contributed by atoms with Gasteiger partial charge in [0, 0.05) is 37.8 Å². The number of rotatable bonds is 3. The lowest BCUT2D eigenvalue weighted by Crippen LogP contribution is -2.47. The van der Waals surface area contributed by atoms with Crippen LogP contribution < -0.4 is 15.8 Å². The molecule has 2 heterocycles. The van der Waals surface area contributed by atoms with Gasteiger partial charge in [-0.3, -0.25) is 4.79 Å². The highest BCUT2D eigenvalue weighted by Gasteiger charge is 2.30. The number of hydrogen-bond acceptors (Lipinski definition) is 4. The SMILES string of the molecule is COc1ccc(NC(=O)C2CCN(C(=O)N3CCCC3)CC2)cc1N.Cl. The molecule has 1 aromatic carbocycles. The van der Waals surface area contributed by atoms with Crippen molar-refractivity contribution in [2.75, 3.05) is 44.3 Å². The number of nitrogens with zero attached hydrogens (tertiary/aromatic N) is 2. The molecule has 0 aliphatic carbocycles. The topological polar surface area (TPSA) is 87.9 Å². The molecular weight excluding hydrogens is 356 g/mol. The zero-order chi connectivity index (χ0) is 17.8. The van der Waals surface area contributed by atoms with Gasteiger partial charge in [-0.1, -0.05) is 0 Å². The van der Waals surface area contributed by atoms with Crippen molar-refractivity contribution in [2.24, 2.45) is 5.92 Å². The number of piperidine rings is 1. The van der Waals surface area contributed by atoms with Crippen molar-refractivity contribution >= 4 is 35.7 Å². The van der Waals surface area contributed by atoms with Crippen LogP contribution in [0, 0.1) is 5.92 Å². The molecule has 0 unspecified atom stereocenters. The van der Waals surface area contributed by atoms with Gasteiger partial charge in [-0.15, -0.1) is 12.4 Å². The van der Waals surface area contributed by atoms with E-state index in [0.29, 0.717) is 43.1 Å². The molecule has 0 radical (unpaired) electrons. The summed E-state index contributed by atoms with van der Waals surface area (Å²) < 4.78 is 5.12. The highest BCUT2D eigenvalue weighted by Crippen LogP contribution is 2.26. The Labute approximate surface area is 160 Å². The minimum Gasteiger partial charge on any atom is -0.495 e. The normalized spacial score (nSPS) is 17.6. The number of ether oxygens (including phenoxy) is 1. The minimum atomic E-state index is -0.0778. The van der Waals surface area contributed by atoms with E-state index < -0.39 is 0 Å². The van der Waals surface area contributed by atoms with Crippen molar-refractivity contribution in [2.45, 2.75) is 25.7 Å². The Kier molecular flexibility index (Phi) is 6.97. The number of carbonyl (C=O) groups is 2. The summed E-state index contributed by atoms with van der Waals surface area (Å²) in [7, 11) is 1.56. The molecule has 3 amide bonds. The number of anilines is 2. The second-order valence-electron chi connectivity index (χ2n) is 6.68. The van der Waals surface area contributed by atoms with E-state index in [4.69, 9.17) is 10.5 Å². The summed E-state index contributed by atoms with van der Waals surface area (Å²) in [4.78, 5) is 28.7. The van der Waals surface area contributed by atoms with E-state index in [2.05, 4.69) is 5.32 Å². The Balaban J connectivity index is 0.00000243. The Morgan fingerprint density at radius 3 is 2.31 bits per heavy atom. The highest BCUT2D eigenvalue weighted by atomic mass is 35.5. The van der Waals surface area contributed by atoms with Crippen molar-refractivity contribution < 1.29 is 14.3 Å². The number of methoxy groups -OCH3 is 1. The number of carbonyl (C=O) groups excluding carboxylic acids is 2. The van der Waals surface area contributed by atoms with Gasteiger partial charge in [0.1, 0.15) is 5.75 Å². The molecule has 2 aliphatic heterocycles. The molecular formula is C18H27ClN4O3. The fraction of sp³-hybridized carbons (Fsp3) is 0.556. The van der Waals surface area contributed by atoms with E-state index in [9.17, 15) is 9.59 Å². The number of urea groups is 1. The van der Waals surface area contributed by atoms with Crippen LogP contribution in [0.2, 0.25) is 0 Å². The van der Waals surface area contributed by atoms with E-state index in [1.807, 2.05) is 9.80 Å². The fourth-order valence-corrected chi connectivity index (χ4v) is 3.50. The van der Waals surface area contributed by atoms with E-state index >= 15 is 0 Å². The van der Waals surface area contributed by atoms with E-state index in [1.165, 1.54) is 0 Å². The Morgan fingerprint density at radius 2 is 1.73 bits per heavy atom. The summed E-state index contributed by atoms with van der Waals surface area (Å²) in [6.07, 6.45) is 3.57. The lowest BCUT2D eigenvalue weighted by molar-refractivity contribution is -0.121. The van der Waals surface area contributed by atoms with Gasteiger partial charge in [-0.25, -0.2) is 4.79 Å². The predicted molar refractivity (Wildman–Crippen MR) is 104 cm³/mol. The van der Waals surface area contributed by atoms with E-state index in [1.54, 1.807) is 25.3 Å². The zero-order valence-electron chi connectivity index (χ0n) is 15.1. The first-order valence-corrected chi connectivity index (χ1v) is 8.86. The quantitative estimate of drug-likeness (QED) is 0.786. The maximum Gasteiger partial charge on any atom is 0.319 e. The summed E-state index contributed by atoms with van der Waals surface area (Å²) in [5, 5.41) is 2.91. The van der Waals surface area contributed by atoms with Crippen molar-refractivity contribution in [3.05, 3.63) is 18.2 Å². The third kappa shape index (κ3) is 4.52. The van der Waals surface area contributed by atoms with Gasteiger partial charge in [0.25, 0.3) is 0 Å². The van der Waals surface area contributed by atoms with Gasteiger partial charge < -0.3 is 25.6 Å². The smallest absolute Gasteiger partial charge is 0.319 e. The second-order valence-corrected chi connectivity index (χ2v) is 6.68. The van der Waals surface area contributed by atoms with Crippen molar-refractivity contribution in [1.29, 1.82) is 0 Å². The van der Waals surface area contributed by atoms with Crippen LogP contribution in [0.3, 0.4) is 0 Å². The molecule has 0 bridgehead atoms. The zero-order valence-corrected chi connectivity index (χ0v) is 15.9. The largest absolute Gasteiger partial charge is 0.495 e. The van der Waals surface area contributed by atoms with Crippen molar-refractivity contribution in [1.82, 2.24) is 9.80 Å². The molecule has 0 saturated carbocycles. The molecule has 3 rings (SSSR count). The minimum absolute atomic E-state index is 0.